The number of para-hydroxylation sites is 1. The molecule has 0 radical (unpaired) electrons. The van der Waals surface area contributed by atoms with Crippen molar-refractivity contribution in [2.45, 2.75) is 38.4 Å². The Morgan fingerprint density at radius 1 is 1.32 bits per heavy atom. The number of thiazole rings is 1. The van der Waals surface area contributed by atoms with Gasteiger partial charge in [-0.3, -0.25) is 19.4 Å². The van der Waals surface area contributed by atoms with E-state index in [0.717, 1.165) is 37.2 Å². The SMILES string of the molecule is CC(=O)N(c1ccccc1)c1nc(C2NC(=O)C3CCCCN32)cs1. The molecule has 1 aromatic carbocycles. The molecule has 3 heterocycles. The highest BCUT2D eigenvalue weighted by atomic mass is 32.1. The normalized spacial score (nSPS) is 23.2. The lowest BCUT2D eigenvalue weighted by molar-refractivity contribution is -0.122. The number of anilines is 2. The predicted molar refractivity (Wildman–Crippen MR) is 96.6 cm³/mol. The van der Waals surface area contributed by atoms with Gasteiger partial charge in [-0.05, 0) is 25.0 Å². The molecule has 2 unspecified atom stereocenters. The number of nitrogens with zero attached hydrogens (tertiary/aromatic N) is 3. The van der Waals surface area contributed by atoms with Gasteiger partial charge in [0.05, 0.1) is 17.4 Å². The van der Waals surface area contributed by atoms with Crippen LogP contribution in [0.5, 0.6) is 0 Å². The fraction of sp³-hybridized carbons (Fsp3) is 0.389. The summed E-state index contributed by atoms with van der Waals surface area (Å²) in [5, 5.41) is 5.63. The number of aromatic nitrogens is 1. The zero-order valence-electron chi connectivity index (χ0n) is 14.0. The maximum atomic E-state index is 12.2. The summed E-state index contributed by atoms with van der Waals surface area (Å²) in [6, 6.07) is 9.45. The number of hydrogen-bond donors (Lipinski definition) is 1. The molecule has 4 rings (SSSR count). The second kappa shape index (κ2) is 6.57. The maximum absolute atomic E-state index is 12.2. The number of carbonyl (C=O) groups is 2. The molecule has 2 aromatic rings. The Morgan fingerprint density at radius 2 is 2.12 bits per heavy atom. The van der Waals surface area contributed by atoms with Gasteiger partial charge in [0, 0.05) is 18.8 Å². The highest BCUT2D eigenvalue weighted by molar-refractivity contribution is 7.14. The molecule has 0 saturated carbocycles. The molecule has 25 heavy (non-hydrogen) atoms. The Kier molecular flexibility index (Phi) is 4.27. The Bertz CT molecular complexity index is 791. The van der Waals surface area contributed by atoms with Gasteiger partial charge in [-0.1, -0.05) is 24.6 Å². The van der Waals surface area contributed by atoms with Crippen LogP contribution in [0.15, 0.2) is 35.7 Å². The van der Waals surface area contributed by atoms with E-state index in [0.29, 0.717) is 5.13 Å². The number of rotatable bonds is 3. The molecule has 0 aliphatic carbocycles. The summed E-state index contributed by atoms with van der Waals surface area (Å²) >= 11 is 1.42. The van der Waals surface area contributed by atoms with E-state index < -0.39 is 0 Å². The number of carbonyl (C=O) groups excluding carboxylic acids is 2. The van der Waals surface area contributed by atoms with Gasteiger partial charge < -0.3 is 5.32 Å². The van der Waals surface area contributed by atoms with Crippen LogP contribution in [0.4, 0.5) is 10.8 Å². The summed E-state index contributed by atoms with van der Waals surface area (Å²) in [5.74, 6) is 0.00383. The van der Waals surface area contributed by atoms with Gasteiger partial charge in [0.25, 0.3) is 0 Å². The van der Waals surface area contributed by atoms with Crippen LogP contribution >= 0.6 is 11.3 Å². The Balaban J connectivity index is 1.63. The third-order valence-corrected chi connectivity index (χ3v) is 5.61. The Hall–Kier alpha value is -2.25. The quantitative estimate of drug-likeness (QED) is 0.918. The lowest BCUT2D eigenvalue weighted by Gasteiger charge is -2.30. The minimum atomic E-state index is -0.188. The van der Waals surface area contributed by atoms with E-state index in [1.54, 1.807) is 4.90 Å². The summed E-state index contributed by atoms with van der Waals surface area (Å²) in [5.41, 5.74) is 1.60. The van der Waals surface area contributed by atoms with Gasteiger partial charge in [-0.2, -0.15) is 0 Å². The van der Waals surface area contributed by atoms with Crippen molar-refractivity contribution in [1.82, 2.24) is 15.2 Å². The molecule has 7 heteroatoms. The largest absolute Gasteiger partial charge is 0.334 e. The third-order valence-electron chi connectivity index (χ3n) is 4.77. The van der Waals surface area contributed by atoms with Crippen molar-refractivity contribution in [1.29, 1.82) is 0 Å². The molecule has 130 valence electrons. The van der Waals surface area contributed by atoms with Crippen LogP contribution in [-0.2, 0) is 9.59 Å². The van der Waals surface area contributed by atoms with Crippen molar-refractivity contribution in [3.8, 4) is 0 Å². The highest BCUT2D eigenvalue weighted by Gasteiger charge is 2.42. The summed E-state index contributed by atoms with van der Waals surface area (Å²) < 4.78 is 0. The van der Waals surface area contributed by atoms with E-state index >= 15 is 0 Å². The molecule has 2 fully saturated rings. The number of hydrogen-bond acceptors (Lipinski definition) is 5. The van der Waals surface area contributed by atoms with Gasteiger partial charge in [-0.25, -0.2) is 4.98 Å². The first-order valence-corrected chi connectivity index (χ1v) is 9.40. The van der Waals surface area contributed by atoms with Crippen molar-refractivity contribution in [3.63, 3.8) is 0 Å². The van der Waals surface area contributed by atoms with E-state index in [1.807, 2.05) is 35.7 Å². The summed E-state index contributed by atoms with van der Waals surface area (Å²) in [7, 11) is 0. The molecule has 6 nitrogen and oxygen atoms in total. The Morgan fingerprint density at radius 3 is 2.88 bits per heavy atom. The predicted octanol–water partition coefficient (Wildman–Crippen LogP) is 2.81. The van der Waals surface area contributed by atoms with Gasteiger partial charge in [0.15, 0.2) is 5.13 Å². The van der Waals surface area contributed by atoms with E-state index in [2.05, 4.69) is 15.2 Å². The van der Waals surface area contributed by atoms with Crippen molar-refractivity contribution < 1.29 is 9.59 Å². The molecule has 2 aliphatic heterocycles. The molecule has 2 amide bonds. The first-order chi connectivity index (χ1) is 12.1. The van der Waals surface area contributed by atoms with E-state index in [9.17, 15) is 9.59 Å². The van der Waals surface area contributed by atoms with Crippen LogP contribution < -0.4 is 10.2 Å². The molecule has 1 aromatic heterocycles. The van der Waals surface area contributed by atoms with Crippen molar-refractivity contribution >= 4 is 34.0 Å². The number of nitrogens with one attached hydrogen (secondary N) is 1. The molecule has 0 spiro atoms. The van der Waals surface area contributed by atoms with Crippen LogP contribution in [0.25, 0.3) is 0 Å². The lowest BCUT2D eigenvalue weighted by Crippen LogP contribution is -2.38. The van der Waals surface area contributed by atoms with Gasteiger partial charge >= 0.3 is 0 Å². The van der Waals surface area contributed by atoms with Crippen LogP contribution in [-0.4, -0.2) is 34.3 Å². The smallest absolute Gasteiger partial charge is 0.238 e. The molecular weight excluding hydrogens is 336 g/mol. The minimum absolute atomic E-state index is 0.0399. The maximum Gasteiger partial charge on any atom is 0.238 e. The molecular formula is C18H20N4O2S. The van der Waals surface area contributed by atoms with Crippen molar-refractivity contribution in [3.05, 3.63) is 41.4 Å². The van der Waals surface area contributed by atoms with Gasteiger partial charge in [0.1, 0.15) is 6.17 Å². The summed E-state index contributed by atoms with van der Waals surface area (Å²) in [6.07, 6.45) is 2.91. The minimum Gasteiger partial charge on any atom is -0.334 e. The molecule has 2 aliphatic rings. The van der Waals surface area contributed by atoms with Crippen molar-refractivity contribution in [2.75, 3.05) is 11.4 Å². The van der Waals surface area contributed by atoms with E-state index in [4.69, 9.17) is 0 Å². The molecule has 2 atom stereocenters. The van der Waals surface area contributed by atoms with Crippen LogP contribution in [0.3, 0.4) is 0 Å². The fourth-order valence-corrected chi connectivity index (χ4v) is 4.52. The first kappa shape index (κ1) is 16.2. The van der Waals surface area contributed by atoms with E-state index in [-0.39, 0.29) is 24.0 Å². The number of benzene rings is 1. The molecule has 2 saturated heterocycles. The second-order valence-electron chi connectivity index (χ2n) is 6.41. The van der Waals surface area contributed by atoms with Crippen LogP contribution in [0.1, 0.15) is 38.0 Å². The van der Waals surface area contributed by atoms with Gasteiger partial charge in [-0.15, -0.1) is 11.3 Å². The number of piperidine rings is 1. The monoisotopic (exact) mass is 356 g/mol. The fourth-order valence-electron chi connectivity index (χ4n) is 3.61. The average Bonchev–Trinajstić information content (AvgIpc) is 3.21. The van der Waals surface area contributed by atoms with Gasteiger partial charge in [0.2, 0.25) is 11.8 Å². The zero-order valence-corrected chi connectivity index (χ0v) is 14.8. The van der Waals surface area contributed by atoms with E-state index in [1.165, 1.54) is 18.3 Å². The second-order valence-corrected chi connectivity index (χ2v) is 7.24. The molecule has 0 bridgehead atoms. The highest BCUT2D eigenvalue weighted by Crippen LogP contribution is 2.35. The summed E-state index contributed by atoms with van der Waals surface area (Å²) in [4.78, 5) is 32.9. The lowest BCUT2D eigenvalue weighted by atomic mass is 10.0. The molecule has 1 N–H and O–H groups in total. The number of amides is 2. The standard InChI is InChI=1S/C18H20N4O2S/c1-12(23)22(13-7-3-2-4-8-13)18-19-14(11-25-18)16-20-17(24)15-9-5-6-10-21(15)16/h2-4,7-8,11,15-16H,5-6,9-10H2,1H3,(H,20,24). The average molecular weight is 356 g/mol. The number of fused-ring (bicyclic) bond motifs is 1. The van der Waals surface area contributed by atoms with Crippen molar-refractivity contribution in [2.24, 2.45) is 0 Å². The topological polar surface area (TPSA) is 65.5 Å². The van der Waals surface area contributed by atoms with Crippen LogP contribution in [0, 0.1) is 0 Å². The zero-order chi connectivity index (χ0) is 17.4. The Labute approximate surface area is 150 Å². The summed E-state index contributed by atoms with van der Waals surface area (Å²) in [6.45, 7) is 2.43. The third kappa shape index (κ3) is 2.94. The first-order valence-electron chi connectivity index (χ1n) is 8.52. The van der Waals surface area contributed by atoms with Crippen LogP contribution in [0.2, 0.25) is 0 Å².